The second-order valence-electron chi connectivity index (χ2n) is 2.76. The third-order valence-electron chi connectivity index (χ3n) is 1.60. The number of aromatic nitrogens is 2. The fraction of sp³-hybridized carbons (Fsp3) is 0.500. The Balaban J connectivity index is 2.58. The molecule has 0 bridgehead atoms. The molecule has 0 N–H and O–H groups in total. The Morgan fingerprint density at radius 1 is 1.83 bits per heavy atom. The van der Waals surface area contributed by atoms with Crippen LogP contribution >= 0.6 is 15.9 Å². The number of Topliss-reactive ketones (excluding diaryl/α,β-unsaturated/α-hetero) is 1. The summed E-state index contributed by atoms with van der Waals surface area (Å²) < 4.78 is 1.73. The minimum Gasteiger partial charge on any atom is -0.299 e. The van der Waals surface area contributed by atoms with E-state index in [0.29, 0.717) is 6.42 Å². The fourth-order valence-electron chi connectivity index (χ4n) is 0.899. The molecule has 0 fully saturated rings. The van der Waals surface area contributed by atoms with Gasteiger partial charge in [0, 0.05) is 19.7 Å². The van der Waals surface area contributed by atoms with Crippen molar-refractivity contribution in [3.8, 4) is 0 Å². The predicted octanol–water partition coefficient (Wildman–Crippen LogP) is 1.32. The maximum Gasteiger partial charge on any atom is 0.143 e. The van der Waals surface area contributed by atoms with Gasteiger partial charge < -0.3 is 0 Å². The van der Waals surface area contributed by atoms with Gasteiger partial charge >= 0.3 is 0 Å². The Morgan fingerprint density at radius 2 is 2.50 bits per heavy atom. The predicted molar refractivity (Wildman–Crippen MR) is 50.3 cm³/mol. The number of carbonyl (C=O) groups is 1. The third-order valence-corrected chi connectivity index (χ3v) is 2.57. The van der Waals surface area contributed by atoms with E-state index in [9.17, 15) is 4.79 Å². The van der Waals surface area contributed by atoms with Crippen molar-refractivity contribution < 1.29 is 4.79 Å². The number of hydrogen-bond acceptors (Lipinski definition) is 2. The van der Waals surface area contributed by atoms with Gasteiger partial charge in [0.2, 0.25) is 0 Å². The lowest BCUT2D eigenvalue weighted by molar-refractivity contribution is -0.116. The number of hydrogen-bond donors (Lipinski definition) is 0. The van der Waals surface area contributed by atoms with Gasteiger partial charge in [0.15, 0.2) is 0 Å². The maximum absolute atomic E-state index is 10.9. The summed E-state index contributed by atoms with van der Waals surface area (Å²) in [5.41, 5.74) is 0.939. The van der Waals surface area contributed by atoms with Crippen molar-refractivity contribution in [2.45, 2.75) is 18.2 Å². The molecule has 12 heavy (non-hydrogen) atoms. The van der Waals surface area contributed by atoms with Gasteiger partial charge in [0.25, 0.3) is 0 Å². The SMILES string of the molecule is CC(=O)C(Br)Cc1ccn(C)n1. The molecule has 0 aliphatic heterocycles. The molecule has 0 aromatic carbocycles. The molecule has 0 aliphatic rings. The quantitative estimate of drug-likeness (QED) is 0.735. The van der Waals surface area contributed by atoms with Crippen LogP contribution in [0.25, 0.3) is 0 Å². The van der Waals surface area contributed by atoms with Crippen molar-refractivity contribution in [1.29, 1.82) is 0 Å². The van der Waals surface area contributed by atoms with Crippen molar-refractivity contribution in [3.05, 3.63) is 18.0 Å². The highest BCUT2D eigenvalue weighted by Gasteiger charge is 2.11. The van der Waals surface area contributed by atoms with E-state index in [4.69, 9.17) is 0 Å². The highest BCUT2D eigenvalue weighted by Crippen LogP contribution is 2.08. The summed E-state index contributed by atoms with van der Waals surface area (Å²) in [7, 11) is 1.86. The van der Waals surface area contributed by atoms with Crippen LogP contribution in [0.3, 0.4) is 0 Å². The first-order valence-corrected chi connectivity index (χ1v) is 4.64. The summed E-state index contributed by atoms with van der Waals surface area (Å²) in [5.74, 6) is 0.139. The lowest BCUT2D eigenvalue weighted by atomic mass is 10.2. The summed E-state index contributed by atoms with van der Waals surface area (Å²) in [6.45, 7) is 1.57. The number of alkyl halides is 1. The number of rotatable bonds is 3. The van der Waals surface area contributed by atoms with Crippen LogP contribution in [0.1, 0.15) is 12.6 Å². The Bertz CT molecular complexity index is 282. The Hall–Kier alpha value is -0.640. The summed E-state index contributed by atoms with van der Waals surface area (Å²) in [6, 6.07) is 1.91. The molecule has 1 aromatic heterocycles. The zero-order chi connectivity index (χ0) is 9.14. The average molecular weight is 231 g/mol. The summed E-state index contributed by atoms with van der Waals surface area (Å²) in [6.07, 6.45) is 2.53. The van der Waals surface area contributed by atoms with Gasteiger partial charge in [-0.15, -0.1) is 0 Å². The average Bonchev–Trinajstić information content (AvgIpc) is 2.35. The van der Waals surface area contributed by atoms with Crippen molar-refractivity contribution in [2.75, 3.05) is 0 Å². The molecule has 3 nitrogen and oxygen atoms in total. The topological polar surface area (TPSA) is 34.9 Å². The summed E-state index contributed by atoms with van der Waals surface area (Å²) in [5, 5.41) is 4.17. The van der Waals surface area contributed by atoms with Gasteiger partial charge in [-0.1, -0.05) is 15.9 Å². The third kappa shape index (κ3) is 2.44. The molecule has 1 aromatic rings. The lowest BCUT2D eigenvalue weighted by Crippen LogP contribution is -2.13. The minimum atomic E-state index is -0.104. The zero-order valence-electron chi connectivity index (χ0n) is 7.12. The molecule has 1 rings (SSSR count). The minimum absolute atomic E-state index is 0.104. The van der Waals surface area contributed by atoms with Crippen molar-refractivity contribution in [2.24, 2.45) is 7.05 Å². The lowest BCUT2D eigenvalue weighted by Gasteiger charge is -2.01. The smallest absolute Gasteiger partial charge is 0.143 e. The van der Waals surface area contributed by atoms with E-state index in [1.54, 1.807) is 11.6 Å². The van der Waals surface area contributed by atoms with Crippen LogP contribution in [-0.2, 0) is 18.3 Å². The van der Waals surface area contributed by atoms with Gasteiger partial charge in [-0.3, -0.25) is 9.48 Å². The Morgan fingerprint density at radius 3 is 2.92 bits per heavy atom. The summed E-state index contributed by atoms with van der Waals surface area (Å²) in [4.78, 5) is 10.8. The van der Waals surface area contributed by atoms with Crippen molar-refractivity contribution >= 4 is 21.7 Å². The van der Waals surface area contributed by atoms with E-state index < -0.39 is 0 Å². The molecule has 1 atom stereocenters. The molecule has 0 saturated heterocycles. The maximum atomic E-state index is 10.9. The molecular formula is C8H11BrN2O. The molecule has 0 saturated carbocycles. The van der Waals surface area contributed by atoms with E-state index in [1.807, 2.05) is 19.3 Å². The molecule has 0 aliphatic carbocycles. The Kier molecular flexibility index (Phi) is 3.03. The first-order chi connectivity index (χ1) is 5.59. The number of nitrogens with zero attached hydrogens (tertiary/aromatic N) is 2. The van der Waals surface area contributed by atoms with Crippen LogP contribution < -0.4 is 0 Å². The van der Waals surface area contributed by atoms with E-state index in [2.05, 4.69) is 21.0 Å². The standard InChI is InChI=1S/C8H11BrN2O/c1-6(12)8(9)5-7-3-4-11(2)10-7/h3-4,8H,5H2,1-2H3. The molecule has 1 heterocycles. The highest BCUT2D eigenvalue weighted by molar-refractivity contribution is 9.10. The first-order valence-electron chi connectivity index (χ1n) is 3.72. The number of aryl methyl sites for hydroxylation is 1. The van der Waals surface area contributed by atoms with E-state index in [-0.39, 0.29) is 10.6 Å². The van der Waals surface area contributed by atoms with Gasteiger partial charge in [-0.2, -0.15) is 5.10 Å². The monoisotopic (exact) mass is 230 g/mol. The van der Waals surface area contributed by atoms with Gasteiger partial charge in [0.05, 0.1) is 10.5 Å². The largest absolute Gasteiger partial charge is 0.299 e. The van der Waals surface area contributed by atoms with Crippen molar-refractivity contribution in [1.82, 2.24) is 9.78 Å². The van der Waals surface area contributed by atoms with Crippen LogP contribution in [-0.4, -0.2) is 20.4 Å². The molecule has 0 amide bonds. The summed E-state index contributed by atoms with van der Waals surface area (Å²) >= 11 is 3.29. The highest BCUT2D eigenvalue weighted by atomic mass is 79.9. The van der Waals surface area contributed by atoms with E-state index in [1.165, 1.54) is 0 Å². The van der Waals surface area contributed by atoms with E-state index >= 15 is 0 Å². The van der Waals surface area contributed by atoms with E-state index in [0.717, 1.165) is 5.69 Å². The van der Waals surface area contributed by atoms with Gasteiger partial charge in [-0.25, -0.2) is 0 Å². The molecular weight excluding hydrogens is 220 g/mol. The zero-order valence-corrected chi connectivity index (χ0v) is 8.71. The van der Waals surface area contributed by atoms with Crippen LogP contribution in [0.4, 0.5) is 0 Å². The van der Waals surface area contributed by atoms with Crippen molar-refractivity contribution in [3.63, 3.8) is 0 Å². The fourth-order valence-corrected chi connectivity index (χ4v) is 1.23. The second-order valence-corrected chi connectivity index (χ2v) is 3.87. The molecule has 66 valence electrons. The molecule has 1 unspecified atom stereocenters. The normalized spacial score (nSPS) is 12.9. The number of halogens is 1. The number of carbonyl (C=O) groups excluding carboxylic acids is 1. The molecule has 0 radical (unpaired) electrons. The Labute approximate surface area is 79.9 Å². The first kappa shape index (κ1) is 9.45. The van der Waals surface area contributed by atoms with Gasteiger partial charge in [0.1, 0.15) is 5.78 Å². The van der Waals surface area contributed by atoms with Crippen LogP contribution in [0, 0.1) is 0 Å². The molecule has 4 heteroatoms. The van der Waals surface area contributed by atoms with Crippen LogP contribution in [0.2, 0.25) is 0 Å². The van der Waals surface area contributed by atoms with Gasteiger partial charge in [-0.05, 0) is 13.0 Å². The molecule has 0 spiro atoms. The second kappa shape index (κ2) is 3.85. The van der Waals surface area contributed by atoms with Crippen LogP contribution in [0.5, 0.6) is 0 Å². The van der Waals surface area contributed by atoms with Crippen LogP contribution in [0.15, 0.2) is 12.3 Å². The number of ketones is 1.